The van der Waals surface area contributed by atoms with Gasteiger partial charge in [-0.2, -0.15) is 0 Å². The van der Waals surface area contributed by atoms with Crippen molar-refractivity contribution in [1.82, 2.24) is 0 Å². The van der Waals surface area contributed by atoms with Gasteiger partial charge < -0.3 is 14.6 Å². The Kier molecular flexibility index (Phi) is 33.6. The zero-order chi connectivity index (χ0) is 29.9. The molecule has 240 valence electrons. The van der Waals surface area contributed by atoms with Crippen molar-refractivity contribution in [3.05, 3.63) is 36.5 Å². The first kappa shape index (κ1) is 39.6. The van der Waals surface area contributed by atoms with Gasteiger partial charge in [-0.15, -0.1) is 0 Å². The summed E-state index contributed by atoms with van der Waals surface area (Å²) < 4.78 is 11.1. The van der Waals surface area contributed by atoms with Crippen LogP contribution in [0.3, 0.4) is 0 Å². The van der Waals surface area contributed by atoms with E-state index in [-0.39, 0.29) is 12.6 Å². The zero-order valence-electron chi connectivity index (χ0n) is 27.3. The van der Waals surface area contributed by atoms with Crippen LogP contribution in [-0.2, 0) is 14.3 Å². The largest absolute Gasteiger partial charge is 0.457 e. The van der Waals surface area contributed by atoms with Crippen LogP contribution < -0.4 is 0 Å². The number of carbonyl (C=O) groups is 1. The van der Waals surface area contributed by atoms with Gasteiger partial charge in [-0.05, 0) is 51.4 Å². The van der Waals surface area contributed by atoms with Gasteiger partial charge in [-0.3, -0.25) is 4.79 Å². The molecule has 0 amide bonds. The SMILES string of the molecule is CCCCC/C=C\C/C=C\C/C=C\CCCCCCCCC(=O)OC(CO)COCCCCCCCCCCCC. The molecule has 0 aromatic heterocycles. The molecule has 0 bridgehead atoms. The van der Waals surface area contributed by atoms with Gasteiger partial charge >= 0.3 is 5.97 Å². The number of unbranched alkanes of at least 4 members (excludes halogenated alkanes) is 18. The summed E-state index contributed by atoms with van der Waals surface area (Å²) >= 11 is 0. The van der Waals surface area contributed by atoms with E-state index in [1.165, 1.54) is 103 Å². The second kappa shape index (κ2) is 34.8. The molecule has 41 heavy (non-hydrogen) atoms. The van der Waals surface area contributed by atoms with Crippen LogP contribution in [-0.4, -0.2) is 37.0 Å². The monoisotopic (exact) mass is 577 g/mol. The van der Waals surface area contributed by atoms with Crippen molar-refractivity contribution >= 4 is 5.97 Å². The van der Waals surface area contributed by atoms with Gasteiger partial charge in [-0.1, -0.05) is 147 Å². The van der Waals surface area contributed by atoms with Crippen LogP contribution in [0.5, 0.6) is 0 Å². The molecule has 1 N–H and O–H groups in total. The fourth-order valence-electron chi connectivity index (χ4n) is 4.80. The number of hydrogen-bond donors (Lipinski definition) is 1. The van der Waals surface area contributed by atoms with Gasteiger partial charge in [0.05, 0.1) is 13.2 Å². The predicted octanol–water partition coefficient (Wildman–Crippen LogP) is 11.0. The Bertz CT molecular complexity index is 610. The standard InChI is InChI=1S/C37H68O4/c1-3-5-7-9-11-13-15-16-17-18-19-20-21-22-23-24-26-28-30-32-37(39)41-36(34-38)35-40-33-31-29-27-25-14-12-10-8-6-4-2/h11,13,16-17,19-20,36,38H,3-10,12,14-15,18,21-35H2,1-2H3/b13-11-,17-16-,20-19-. The molecule has 0 heterocycles. The van der Waals surface area contributed by atoms with Crippen LogP contribution in [0.4, 0.5) is 0 Å². The summed E-state index contributed by atoms with van der Waals surface area (Å²) in [6.07, 6.45) is 41.7. The summed E-state index contributed by atoms with van der Waals surface area (Å²) in [5.74, 6) is -0.214. The summed E-state index contributed by atoms with van der Waals surface area (Å²) in [7, 11) is 0. The maximum atomic E-state index is 12.1. The lowest BCUT2D eigenvalue weighted by Gasteiger charge is -2.15. The lowest BCUT2D eigenvalue weighted by Crippen LogP contribution is -2.27. The number of aliphatic hydroxyl groups excluding tert-OH is 1. The number of ether oxygens (including phenoxy) is 2. The van der Waals surface area contributed by atoms with E-state index in [1.54, 1.807) is 0 Å². The van der Waals surface area contributed by atoms with Gasteiger partial charge in [0.2, 0.25) is 0 Å². The minimum atomic E-state index is -0.536. The van der Waals surface area contributed by atoms with Crippen molar-refractivity contribution in [3.8, 4) is 0 Å². The first-order valence-electron chi connectivity index (χ1n) is 17.6. The predicted molar refractivity (Wildman–Crippen MR) is 177 cm³/mol. The van der Waals surface area contributed by atoms with Gasteiger partial charge in [-0.25, -0.2) is 0 Å². The number of hydrogen-bond acceptors (Lipinski definition) is 4. The normalized spacial score (nSPS) is 12.8. The van der Waals surface area contributed by atoms with E-state index >= 15 is 0 Å². The molecule has 0 aliphatic rings. The average molecular weight is 577 g/mol. The fraction of sp³-hybridized carbons (Fsp3) is 0.811. The number of carbonyl (C=O) groups excluding carboxylic acids is 1. The van der Waals surface area contributed by atoms with E-state index < -0.39 is 6.10 Å². The highest BCUT2D eigenvalue weighted by Gasteiger charge is 2.13. The highest BCUT2D eigenvalue weighted by atomic mass is 16.6. The minimum Gasteiger partial charge on any atom is -0.457 e. The molecule has 0 radical (unpaired) electrons. The number of aliphatic hydroxyl groups is 1. The minimum absolute atomic E-state index is 0.176. The molecule has 4 nitrogen and oxygen atoms in total. The molecule has 0 saturated carbocycles. The van der Waals surface area contributed by atoms with Crippen LogP contribution >= 0.6 is 0 Å². The molecular weight excluding hydrogens is 508 g/mol. The summed E-state index contributed by atoms with van der Waals surface area (Å²) in [5.41, 5.74) is 0. The van der Waals surface area contributed by atoms with E-state index in [4.69, 9.17) is 9.47 Å². The van der Waals surface area contributed by atoms with Crippen LogP contribution in [0.15, 0.2) is 36.5 Å². The smallest absolute Gasteiger partial charge is 0.306 e. The molecule has 4 heteroatoms. The number of rotatable bonds is 32. The lowest BCUT2D eigenvalue weighted by molar-refractivity contribution is -0.154. The third-order valence-electron chi connectivity index (χ3n) is 7.47. The molecule has 0 aliphatic carbocycles. The van der Waals surface area contributed by atoms with E-state index in [1.807, 2.05) is 0 Å². The highest BCUT2D eigenvalue weighted by Crippen LogP contribution is 2.12. The van der Waals surface area contributed by atoms with Gasteiger partial charge in [0.15, 0.2) is 0 Å². The van der Waals surface area contributed by atoms with Crippen molar-refractivity contribution in [2.24, 2.45) is 0 Å². The Morgan fingerprint density at radius 1 is 0.585 bits per heavy atom. The summed E-state index contributed by atoms with van der Waals surface area (Å²) in [6, 6.07) is 0. The first-order chi connectivity index (χ1) is 20.2. The van der Waals surface area contributed by atoms with Crippen LogP contribution in [0.25, 0.3) is 0 Å². The number of esters is 1. The van der Waals surface area contributed by atoms with Gasteiger partial charge in [0.1, 0.15) is 6.10 Å². The summed E-state index contributed by atoms with van der Waals surface area (Å²) in [4.78, 5) is 12.1. The van der Waals surface area contributed by atoms with Crippen molar-refractivity contribution in [2.45, 2.75) is 174 Å². The Balaban J connectivity index is 3.49. The summed E-state index contributed by atoms with van der Waals surface area (Å²) in [5, 5.41) is 9.52. The number of allylic oxidation sites excluding steroid dienone is 6. The lowest BCUT2D eigenvalue weighted by atomic mass is 10.1. The molecule has 0 rings (SSSR count). The third-order valence-corrected chi connectivity index (χ3v) is 7.47. The second-order valence-electron chi connectivity index (χ2n) is 11.6. The Hall–Kier alpha value is -1.39. The molecule has 0 aromatic rings. The van der Waals surface area contributed by atoms with Crippen molar-refractivity contribution in [3.63, 3.8) is 0 Å². The van der Waals surface area contributed by atoms with E-state index in [9.17, 15) is 9.90 Å². The average Bonchev–Trinajstić information content (AvgIpc) is 2.98. The Labute approximate surface area is 255 Å². The molecule has 0 saturated heterocycles. The quantitative estimate of drug-likeness (QED) is 0.0491. The van der Waals surface area contributed by atoms with E-state index in [2.05, 4.69) is 50.3 Å². The zero-order valence-corrected chi connectivity index (χ0v) is 27.3. The van der Waals surface area contributed by atoms with Crippen molar-refractivity contribution < 1.29 is 19.4 Å². The molecule has 0 fully saturated rings. The molecule has 0 aliphatic heterocycles. The van der Waals surface area contributed by atoms with Gasteiger partial charge in [0, 0.05) is 13.0 Å². The second-order valence-corrected chi connectivity index (χ2v) is 11.6. The van der Waals surface area contributed by atoms with Crippen LogP contribution in [0.2, 0.25) is 0 Å². The van der Waals surface area contributed by atoms with Gasteiger partial charge in [0.25, 0.3) is 0 Å². The highest BCUT2D eigenvalue weighted by molar-refractivity contribution is 5.69. The van der Waals surface area contributed by atoms with Crippen molar-refractivity contribution in [2.75, 3.05) is 19.8 Å². The molecule has 1 unspecified atom stereocenters. The van der Waals surface area contributed by atoms with Crippen LogP contribution in [0.1, 0.15) is 168 Å². The van der Waals surface area contributed by atoms with Crippen molar-refractivity contribution in [1.29, 1.82) is 0 Å². The first-order valence-corrected chi connectivity index (χ1v) is 17.6. The third kappa shape index (κ3) is 33.0. The molecule has 0 aromatic carbocycles. The maximum Gasteiger partial charge on any atom is 0.306 e. The topological polar surface area (TPSA) is 55.8 Å². The molecule has 0 spiro atoms. The Morgan fingerprint density at radius 3 is 1.59 bits per heavy atom. The van der Waals surface area contributed by atoms with Crippen LogP contribution in [0, 0.1) is 0 Å². The van der Waals surface area contributed by atoms with E-state index in [0.29, 0.717) is 19.6 Å². The molecular formula is C37H68O4. The Morgan fingerprint density at radius 2 is 1.02 bits per heavy atom. The fourth-order valence-corrected chi connectivity index (χ4v) is 4.80. The maximum absolute atomic E-state index is 12.1. The van der Waals surface area contributed by atoms with E-state index in [0.717, 1.165) is 44.9 Å². The molecule has 1 atom stereocenters. The summed E-state index contributed by atoms with van der Waals surface area (Å²) in [6.45, 7) is 5.30.